The fraction of sp³-hybridized carbons (Fsp3) is 0.526. The smallest absolute Gasteiger partial charge is 0.246 e. The third kappa shape index (κ3) is 4.94. The minimum absolute atomic E-state index is 0.0125. The van der Waals surface area contributed by atoms with Gasteiger partial charge in [-0.25, -0.2) is 0 Å². The zero-order chi connectivity index (χ0) is 18.4. The molecule has 2 aliphatic heterocycles. The molecule has 0 aliphatic carbocycles. The van der Waals surface area contributed by atoms with Crippen molar-refractivity contribution in [2.24, 2.45) is 0 Å². The van der Waals surface area contributed by atoms with Crippen LogP contribution in [0.1, 0.15) is 30.6 Å². The number of amides is 3. The van der Waals surface area contributed by atoms with Crippen molar-refractivity contribution in [1.29, 1.82) is 0 Å². The van der Waals surface area contributed by atoms with E-state index in [1.54, 1.807) is 32.1 Å². The Morgan fingerprint density at radius 3 is 2.54 bits per heavy atom. The van der Waals surface area contributed by atoms with Crippen molar-refractivity contribution in [2.45, 2.75) is 25.7 Å². The maximum absolute atomic E-state index is 12.5. The van der Waals surface area contributed by atoms with Crippen LogP contribution in [-0.4, -0.2) is 71.7 Å². The number of carbonyl (C=O) groups excluding carboxylic acids is 3. The highest BCUT2D eigenvalue weighted by Crippen LogP contribution is 2.13. The highest BCUT2D eigenvalue weighted by Gasteiger charge is 2.26. The van der Waals surface area contributed by atoms with Gasteiger partial charge in [0.15, 0.2) is 0 Å². The lowest BCUT2D eigenvalue weighted by Gasteiger charge is -2.35. The van der Waals surface area contributed by atoms with Crippen LogP contribution in [0, 0.1) is 0 Å². The van der Waals surface area contributed by atoms with Crippen LogP contribution in [0.4, 0.5) is 0 Å². The number of hydrogen-bond donors (Lipinski definition) is 0. The number of likely N-dealkylation sites (tertiary alicyclic amines) is 1. The van der Waals surface area contributed by atoms with Crippen LogP contribution in [0.25, 0.3) is 6.08 Å². The molecule has 3 amide bonds. The first kappa shape index (κ1) is 18.6. The molecule has 0 unspecified atom stereocenters. The minimum Gasteiger partial charge on any atom is -0.338 e. The number of thiophene rings is 1. The summed E-state index contributed by atoms with van der Waals surface area (Å²) in [6, 6.07) is 3.92. The molecule has 1 aromatic heterocycles. The lowest BCUT2D eigenvalue weighted by molar-refractivity contribution is -0.142. The van der Waals surface area contributed by atoms with Crippen molar-refractivity contribution in [2.75, 3.05) is 39.3 Å². The Bertz CT molecular complexity index is 664. The van der Waals surface area contributed by atoms with Gasteiger partial charge in [0.1, 0.15) is 0 Å². The van der Waals surface area contributed by atoms with Crippen LogP contribution in [0.3, 0.4) is 0 Å². The summed E-state index contributed by atoms with van der Waals surface area (Å²) in [4.78, 5) is 43.1. The molecule has 0 saturated carbocycles. The normalized spacial score (nSPS) is 19.1. The molecule has 7 heteroatoms. The topological polar surface area (TPSA) is 60.9 Å². The zero-order valence-corrected chi connectivity index (χ0v) is 15.7. The molecular formula is C19H25N3O3S. The molecule has 2 saturated heterocycles. The number of nitrogens with zero attached hydrogens (tertiary/aromatic N) is 3. The third-order valence-corrected chi connectivity index (χ3v) is 5.71. The quantitative estimate of drug-likeness (QED) is 0.755. The molecule has 0 radical (unpaired) electrons. The summed E-state index contributed by atoms with van der Waals surface area (Å²) in [5, 5.41) is 1.98. The van der Waals surface area contributed by atoms with Gasteiger partial charge in [-0.15, -0.1) is 11.3 Å². The van der Waals surface area contributed by atoms with Gasteiger partial charge in [0, 0.05) is 50.1 Å². The van der Waals surface area contributed by atoms with Gasteiger partial charge in [-0.05, 0) is 30.4 Å². The summed E-state index contributed by atoms with van der Waals surface area (Å²) in [5.74, 6) is 0.0537. The summed E-state index contributed by atoms with van der Waals surface area (Å²) in [5.41, 5.74) is 0. The summed E-state index contributed by atoms with van der Waals surface area (Å²) >= 11 is 1.59. The van der Waals surface area contributed by atoms with Crippen LogP contribution < -0.4 is 0 Å². The predicted molar refractivity (Wildman–Crippen MR) is 102 cm³/mol. The molecule has 1 aromatic rings. The average Bonchev–Trinajstić information content (AvgIpc) is 3.10. The second kappa shape index (κ2) is 8.98. The van der Waals surface area contributed by atoms with Crippen molar-refractivity contribution >= 4 is 35.1 Å². The van der Waals surface area contributed by atoms with Crippen LogP contribution >= 0.6 is 11.3 Å². The molecular weight excluding hydrogens is 350 g/mol. The van der Waals surface area contributed by atoms with Crippen molar-refractivity contribution in [3.05, 3.63) is 28.5 Å². The van der Waals surface area contributed by atoms with E-state index in [2.05, 4.69) is 0 Å². The Balaban J connectivity index is 1.46. The fourth-order valence-electron chi connectivity index (χ4n) is 3.29. The van der Waals surface area contributed by atoms with E-state index in [0.717, 1.165) is 24.1 Å². The maximum atomic E-state index is 12.5. The summed E-state index contributed by atoms with van der Waals surface area (Å²) in [7, 11) is 0. The van der Waals surface area contributed by atoms with E-state index in [0.29, 0.717) is 39.1 Å². The first-order valence-electron chi connectivity index (χ1n) is 9.19. The Hall–Kier alpha value is -2.15. The SMILES string of the molecule is O=C(/C=C/c1cccs1)N1CCN(C(=O)CN2CCCCCC2=O)CC1. The van der Waals surface area contributed by atoms with E-state index in [1.807, 2.05) is 23.6 Å². The molecule has 0 atom stereocenters. The molecule has 0 aromatic carbocycles. The number of rotatable bonds is 4. The molecule has 6 nitrogen and oxygen atoms in total. The molecule has 0 N–H and O–H groups in total. The van der Waals surface area contributed by atoms with Gasteiger partial charge in [0.25, 0.3) is 0 Å². The van der Waals surface area contributed by atoms with Gasteiger partial charge in [0.05, 0.1) is 6.54 Å². The van der Waals surface area contributed by atoms with Crippen LogP contribution in [0.2, 0.25) is 0 Å². The van der Waals surface area contributed by atoms with Crippen molar-refractivity contribution in [3.8, 4) is 0 Å². The van der Waals surface area contributed by atoms with E-state index in [4.69, 9.17) is 0 Å². The molecule has 26 heavy (non-hydrogen) atoms. The molecule has 3 rings (SSSR count). The minimum atomic E-state index is -0.0202. The van der Waals surface area contributed by atoms with E-state index < -0.39 is 0 Å². The fourth-order valence-corrected chi connectivity index (χ4v) is 3.91. The van der Waals surface area contributed by atoms with Gasteiger partial charge in [-0.3, -0.25) is 14.4 Å². The van der Waals surface area contributed by atoms with E-state index in [-0.39, 0.29) is 24.3 Å². The van der Waals surface area contributed by atoms with Crippen LogP contribution in [0.15, 0.2) is 23.6 Å². The average molecular weight is 375 g/mol. The molecule has 2 aliphatic rings. The van der Waals surface area contributed by atoms with E-state index in [1.165, 1.54) is 0 Å². The Morgan fingerprint density at radius 2 is 1.81 bits per heavy atom. The highest BCUT2D eigenvalue weighted by molar-refractivity contribution is 7.10. The molecule has 0 bridgehead atoms. The van der Waals surface area contributed by atoms with Gasteiger partial charge in [-0.1, -0.05) is 12.5 Å². The number of hydrogen-bond acceptors (Lipinski definition) is 4. The van der Waals surface area contributed by atoms with Crippen molar-refractivity contribution in [3.63, 3.8) is 0 Å². The van der Waals surface area contributed by atoms with Gasteiger partial charge in [0.2, 0.25) is 17.7 Å². The lowest BCUT2D eigenvalue weighted by atomic mass is 10.2. The number of carbonyl (C=O) groups is 3. The Kier molecular flexibility index (Phi) is 6.44. The number of piperazine rings is 1. The van der Waals surface area contributed by atoms with Crippen molar-refractivity contribution in [1.82, 2.24) is 14.7 Å². The molecule has 0 spiro atoms. The van der Waals surface area contributed by atoms with E-state index in [9.17, 15) is 14.4 Å². The second-order valence-corrected chi connectivity index (χ2v) is 7.66. The third-order valence-electron chi connectivity index (χ3n) is 4.87. The van der Waals surface area contributed by atoms with Crippen LogP contribution in [0.5, 0.6) is 0 Å². The molecule has 140 valence electrons. The molecule has 2 fully saturated rings. The highest BCUT2D eigenvalue weighted by atomic mass is 32.1. The first-order chi connectivity index (χ1) is 12.6. The summed E-state index contributed by atoms with van der Waals surface area (Å²) in [6.07, 6.45) is 6.91. The lowest BCUT2D eigenvalue weighted by Crippen LogP contribution is -2.52. The predicted octanol–water partition coefficient (Wildman–Crippen LogP) is 1.83. The summed E-state index contributed by atoms with van der Waals surface area (Å²) < 4.78 is 0. The van der Waals surface area contributed by atoms with Gasteiger partial charge >= 0.3 is 0 Å². The second-order valence-electron chi connectivity index (χ2n) is 6.68. The monoisotopic (exact) mass is 375 g/mol. The van der Waals surface area contributed by atoms with Gasteiger partial charge in [-0.2, -0.15) is 0 Å². The van der Waals surface area contributed by atoms with Crippen LogP contribution in [-0.2, 0) is 14.4 Å². The Labute approximate surface area is 158 Å². The van der Waals surface area contributed by atoms with E-state index >= 15 is 0 Å². The van der Waals surface area contributed by atoms with Gasteiger partial charge < -0.3 is 14.7 Å². The maximum Gasteiger partial charge on any atom is 0.246 e. The standard InChI is InChI=1S/C19H25N3O3S/c23-17-6-2-1-3-9-22(17)15-19(25)21-12-10-20(11-13-21)18(24)8-7-16-5-4-14-26-16/h4-5,7-8,14H,1-3,6,9-13,15H2/b8-7+. The summed E-state index contributed by atoms with van der Waals surface area (Å²) in [6.45, 7) is 2.97. The Morgan fingerprint density at radius 1 is 1.04 bits per heavy atom. The molecule has 3 heterocycles. The first-order valence-corrected chi connectivity index (χ1v) is 10.1. The van der Waals surface area contributed by atoms with Crippen molar-refractivity contribution < 1.29 is 14.4 Å². The zero-order valence-electron chi connectivity index (χ0n) is 14.9. The largest absolute Gasteiger partial charge is 0.338 e.